The minimum absolute atomic E-state index is 0.801. The molecule has 0 radical (unpaired) electrons. The number of thiophene rings is 1. The Bertz CT molecular complexity index is 479. The molecule has 0 aliphatic carbocycles. The summed E-state index contributed by atoms with van der Waals surface area (Å²) in [5, 5.41) is 2.06. The maximum atomic E-state index is 5.22. The third-order valence-corrected chi connectivity index (χ3v) is 3.19. The Morgan fingerprint density at radius 1 is 1.00 bits per heavy atom. The van der Waals surface area contributed by atoms with Crippen molar-refractivity contribution in [2.24, 2.45) is 0 Å². The normalized spacial score (nSPS) is 10.7. The monoisotopic (exact) mass is 246 g/mol. The van der Waals surface area contributed by atoms with E-state index in [1.165, 1.54) is 4.88 Å². The zero-order valence-corrected chi connectivity index (χ0v) is 10.7. The Morgan fingerprint density at radius 3 is 2.24 bits per heavy atom. The van der Waals surface area contributed by atoms with E-state index >= 15 is 0 Å². The van der Waals surface area contributed by atoms with Gasteiger partial charge >= 0.3 is 0 Å². The van der Waals surface area contributed by atoms with Gasteiger partial charge in [0, 0.05) is 10.9 Å². The van der Waals surface area contributed by atoms with Crippen LogP contribution >= 0.6 is 11.3 Å². The van der Waals surface area contributed by atoms with E-state index in [1.54, 1.807) is 25.6 Å². The molecule has 3 heteroatoms. The molecule has 0 bridgehead atoms. The number of hydrogen-bond acceptors (Lipinski definition) is 3. The Hall–Kier alpha value is -1.74. The first kappa shape index (κ1) is 11.7. The molecule has 0 aliphatic heterocycles. The Morgan fingerprint density at radius 2 is 1.71 bits per heavy atom. The van der Waals surface area contributed by atoms with E-state index in [9.17, 15) is 0 Å². The average Bonchev–Trinajstić information content (AvgIpc) is 2.89. The predicted octanol–water partition coefficient (Wildman–Crippen LogP) is 3.94. The van der Waals surface area contributed by atoms with Gasteiger partial charge in [0.2, 0.25) is 0 Å². The molecule has 0 amide bonds. The first-order chi connectivity index (χ1) is 8.31. The highest BCUT2D eigenvalue weighted by atomic mass is 32.1. The predicted molar refractivity (Wildman–Crippen MR) is 72.8 cm³/mol. The van der Waals surface area contributed by atoms with Crippen LogP contribution in [0.2, 0.25) is 0 Å². The van der Waals surface area contributed by atoms with Crippen molar-refractivity contribution in [3.8, 4) is 11.5 Å². The van der Waals surface area contributed by atoms with E-state index in [2.05, 4.69) is 23.6 Å². The van der Waals surface area contributed by atoms with Crippen LogP contribution in [0.15, 0.2) is 35.7 Å². The summed E-state index contributed by atoms with van der Waals surface area (Å²) in [4.78, 5) is 1.23. The van der Waals surface area contributed by atoms with Gasteiger partial charge in [-0.15, -0.1) is 11.3 Å². The third kappa shape index (κ3) is 3.11. The second kappa shape index (κ2) is 5.55. The quantitative estimate of drug-likeness (QED) is 0.813. The van der Waals surface area contributed by atoms with Crippen LogP contribution < -0.4 is 9.47 Å². The van der Waals surface area contributed by atoms with Crippen LogP contribution in [0.4, 0.5) is 0 Å². The van der Waals surface area contributed by atoms with E-state index in [4.69, 9.17) is 9.47 Å². The van der Waals surface area contributed by atoms with Crippen LogP contribution in [-0.4, -0.2) is 14.2 Å². The fourth-order valence-electron chi connectivity index (χ4n) is 1.49. The summed E-state index contributed by atoms with van der Waals surface area (Å²) in [6, 6.07) is 9.94. The van der Waals surface area contributed by atoms with Crippen molar-refractivity contribution in [3.05, 3.63) is 46.2 Å². The highest BCUT2D eigenvalue weighted by Gasteiger charge is 1.99. The number of ether oxygens (including phenoxy) is 2. The lowest BCUT2D eigenvalue weighted by Crippen LogP contribution is -1.87. The summed E-state index contributed by atoms with van der Waals surface area (Å²) in [5.41, 5.74) is 1.06. The van der Waals surface area contributed by atoms with Gasteiger partial charge in [0.15, 0.2) is 0 Å². The van der Waals surface area contributed by atoms with Crippen LogP contribution in [0.1, 0.15) is 10.4 Å². The number of benzene rings is 1. The van der Waals surface area contributed by atoms with Crippen LogP contribution in [-0.2, 0) is 0 Å². The molecule has 17 heavy (non-hydrogen) atoms. The molecule has 0 saturated carbocycles. The van der Waals surface area contributed by atoms with Gasteiger partial charge in [-0.05, 0) is 35.2 Å². The van der Waals surface area contributed by atoms with Crippen molar-refractivity contribution in [1.82, 2.24) is 0 Å². The molecule has 0 saturated heterocycles. The Labute approximate surface area is 105 Å². The van der Waals surface area contributed by atoms with Gasteiger partial charge in [-0.1, -0.05) is 12.1 Å². The second-order valence-corrected chi connectivity index (χ2v) is 4.47. The van der Waals surface area contributed by atoms with Crippen LogP contribution in [0.3, 0.4) is 0 Å². The molecule has 1 heterocycles. The highest BCUT2D eigenvalue weighted by Crippen LogP contribution is 2.24. The topological polar surface area (TPSA) is 18.5 Å². The van der Waals surface area contributed by atoms with E-state index in [1.807, 2.05) is 24.3 Å². The van der Waals surface area contributed by atoms with E-state index in [0.29, 0.717) is 0 Å². The first-order valence-corrected chi connectivity index (χ1v) is 6.14. The Kier molecular flexibility index (Phi) is 3.83. The van der Waals surface area contributed by atoms with E-state index < -0.39 is 0 Å². The maximum absolute atomic E-state index is 5.22. The summed E-state index contributed by atoms with van der Waals surface area (Å²) >= 11 is 1.71. The molecule has 0 atom stereocenters. The zero-order valence-electron chi connectivity index (χ0n) is 9.84. The zero-order chi connectivity index (χ0) is 12.1. The van der Waals surface area contributed by atoms with Gasteiger partial charge in [-0.3, -0.25) is 0 Å². The largest absolute Gasteiger partial charge is 0.497 e. The van der Waals surface area contributed by atoms with Crippen molar-refractivity contribution in [2.75, 3.05) is 14.2 Å². The molecule has 1 aromatic carbocycles. The lowest BCUT2D eigenvalue weighted by molar-refractivity contribution is 0.394. The van der Waals surface area contributed by atoms with Crippen molar-refractivity contribution in [1.29, 1.82) is 0 Å². The Balaban J connectivity index is 2.25. The summed E-state index contributed by atoms with van der Waals surface area (Å²) in [5.74, 6) is 1.60. The van der Waals surface area contributed by atoms with Gasteiger partial charge < -0.3 is 9.47 Å². The SMILES string of the molecule is COc1cc(/C=C\c2cccs2)cc(OC)c1. The van der Waals surface area contributed by atoms with Gasteiger partial charge in [-0.2, -0.15) is 0 Å². The summed E-state index contributed by atoms with van der Waals surface area (Å²) in [6.07, 6.45) is 4.13. The van der Waals surface area contributed by atoms with Gasteiger partial charge in [0.25, 0.3) is 0 Å². The fourth-order valence-corrected chi connectivity index (χ4v) is 2.11. The standard InChI is InChI=1S/C14H14O2S/c1-15-12-8-11(9-13(10-12)16-2)5-6-14-4-3-7-17-14/h3-10H,1-2H3/b6-5-. The summed E-state index contributed by atoms with van der Waals surface area (Å²) in [7, 11) is 3.31. The molecule has 2 nitrogen and oxygen atoms in total. The van der Waals surface area contributed by atoms with Crippen molar-refractivity contribution < 1.29 is 9.47 Å². The molecule has 2 aromatic rings. The molecule has 1 aromatic heterocycles. The van der Waals surface area contributed by atoms with E-state index in [0.717, 1.165) is 17.1 Å². The molecule has 0 spiro atoms. The third-order valence-electron chi connectivity index (χ3n) is 2.36. The fraction of sp³-hybridized carbons (Fsp3) is 0.143. The van der Waals surface area contributed by atoms with Gasteiger partial charge in [-0.25, -0.2) is 0 Å². The lowest BCUT2D eigenvalue weighted by Gasteiger charge is -2.05. The molecular weight excluding hydrogens is 232 g/mol. The minimum atomic E-state index is 0.801. The van der Waals surface area contributed by atoms with Crippen molar-refractivity contribution >= 4 is 23.5 Å². The highest BCUT2D eigenvalue weighted by molar-refractivity contribution is 7.10. The number of hydrogen-bond donors (Lipinski definition) is 0. The lowest BCUT2D eigenvalue weighted by atomic mass is 10.2. The average molecular weight is 246 g/mol. The summed E-state index contributed by atoms with van der Waals surface area (Å²) < 4.78 is 10.4. The number of methoxy groups -OCH3 is 2. The minimum Gasteiger partial charge on any atom is -0.497 e. The van der Waals surface area contributed by atoms with Crippen molar-refractivity contribution in [2.45, 2.75) is 0 Å². The summed E-state index contributed by atoms with van der Waals surface area (Å²) in [6.45, 7) is 0. The smallest absolute Gasteiger partial charge is 0.123 e. The molecule has 0 aliphatic rings. The number of rotatable bonds is 4. The molecule has 2 rings (SSSR count). The van der Waals surface area contributed by atoms with Crippen molar-refractivity contribution in [3.63, 3.8) is 0 Å². The van der Waals surface area contributed by atoms with Crippen LogP contribution in [0.5, 0.6) is 11.5 Å². The molecule has 0 fully saturated rings. The van der Waals surface area contributed by atoms with E-state index in [-0.39, 0.29) is 0 Å². The second-order valence-electron chi connectivity index (χ2n) is 3.49. The molecule has 88 valence electrons. The van der Waals surface area contributed by atoms with Crippen LogP contribution in [0, 0.1) is 0 Å². The van der Waals surface area contributed by atoms with Crippen LogP contribution in [0.25, 0.3) is 12.2 Å². The maximum Gasteiger partial charge on any atom is 0.123 e. The molecular formula is C14H14O2S. The van der Waals surface area contributed by atoms with Gasteiger partial charge in [0.1, 0.15) is 11.5 Å². The van der Waals surface area contributed by atoms with Gasteiger partial charge in [0.05, 0.1) is 14.2 Å². The molecule has 0 unspecified atom stereocenters. The molecule has 0 N–H and O–H groups in total. The first-order valence-electron chi connectivity index (χ1n) is 5.26.